The van der Waals surface area contributed by atoms with Crippen molar-refractivity contribution in [3.05, 3.63) is 10.6 Å². The number of halogens is 1. The van der Waals surface area contributed by atoms with Crippen LogP contribution in [0, 0.1) is 11.8 Å². The molecular formula is C20H30BrNO7. The summed E-state index contributed by atoms with van der Waals surface area (Å²) in [6.45, 7) is 5.53. The van der Waals surface area contributed by atoms with E-state index in [9.17, 15) is 19.5 Å². The van der Waals surface area contributed by atoms with Gasteiger partial charge in [0.2, 0.25) is 5.91 Å². The predicted octanol–water partition coefficient (Wildman–Crippen LogP) is 2.50. The fraction of sp³-hybridized carbons (Fsp3) is 0.750. The molecule has 0 radical (unpaired) electrons. The van der Waals surface area contributed by atoms with Crippen LogP contribution in [-0.4, -0.2) is 64.0 Å². The number of amides is 2. The Bertz CT molecular complexity index is 665. The monoisotopic (exact) mass is 475 g/mol. The van der Waals surface area contributed by atoms with Gasteiger partial charge >= 0.3 is 6.09 Å². The van der Waals surface area contributed by atoms with Crippen LogP contribution in [0.3, 0.4) is 0 Å². The molecule has 1 fully saturated rings. The molecule has 8 nitrogen and oxygen atoms in total. The van der Waals surface area contributed by atoms with Gasteiger partial charge in [0, 0.05) is 13.0 Å². The molecule has 2 amide bonds. The van der Waals surface area contributed by atoms with Crippen molar-refractivity contribution in [1.29, 1.82) is 0 Å². The van der Waals surface area contributed by atoms with Gasteiger partial charge in [-0.15, -0.1) is 0 Å². The molecule has 0 aromatic heterocycles. The van der Waals surface area contributed by atoms with Gasteiger partial charge in [0.05, 0.1) is 16.4 Å². The number of ketones is 1. The second-order valence-corrected chi connectivity index (χ2v) is 8.84. The fourth-order valence-corrected chi connectivity index (χ4v) is 4.05. The molecule has 2 N–H and O–H groups in total. The Morgan fingerprint density at radius 3 is 2.55 bits per heavy atom. The number of ether oxygens (including phenoxy) is 2. The van der Waals surface area contributed by atoms with Gasteiger partial charge in [-0.3, -0.25) is 9.59 Å². The zero-order chi connectivity index (χ0) is 21.8. The molecule has 1 saturated heterocycles. The van der Waals surface area contributed by atoms with Gasteiger partial charge in [-0.25, -0.2) is 9.69 Å². The summed E-state index contributed by atoms with van der Waals surface area (Å²) < 4.78 is 11.0. The lowest BCUT2D eigenvalue weighted by Gasteiger charge is -2.38. The first kappa shape index (κ1) is 24.0. The standard InChI is InChI=1S/C20H30BrNO7/c1-12(2)14-11-28-19(26)22(14)18(25)13(3)17-15(24)10-16(21)20(27,29-17)8-6-4-5-7-9-23/h10,12-14,17,23,27H,4-9,11H2,1-3H3. The maximum absolute atomic E-state index is 13.0. The molecule has 2 rings (SSSR count). The minimum atomic E-state index is -1.71. The molecule has 9 heteroatoms. The molecule has 2 heterocycles. The summed E-state index contributed by atoms with van der Waals surface area (Å²) >= 11 is 3.21. The second kappa shape index (κ2) is 10.1. The van der Waals surface area contributed by atoms with E-state index in [1.165, 1.54) is 13.0 Å². The van der Waals surface area contributed by atoms with Crippen LogP contribution in [0.1, 0.15) is 52.9 Å². The van der Waals surface area contributed by atoms with Crippen LogP contribution in [0.2, 0.25) is 0 Å². The van der Waals surface area contributed by atoms with E-state index < -0.39 is 41.6 Å². The van der Waals surface area contributed by atoms with E-state index in [1.54, 1.807) is 0 Å². The van der Waals surface area contributed by atoms with Crippen molar-refractivity contribution < 1.29 is 34.1 Å². The van der Waals surface area contributed by atoms with Gasteiger partial charge in [-0.1, -0.05) is 33.6 Å². The molecule has 2 aliphatic rings. The lowest BCUT2D eigenvalue weighted by atomic mass is 9.93. The van der Waals surface area contributed by atoms with Gasteiger partial charge in [-0.05, 0) is 40.8 Å². The number of cyclic esters (lactones) is 1. The Hall–Kier alpha value is -1.29. The Labute approximate surface area is 179 Å². The number of carbonyl (C=O) groups is 3. The Morgan fingerprint density at radius 1 is 1.28 bits per heavy atom. The second-order valence-electron chi connectivity index (χ2n) is 7.99. The Morgan fingerprint density at radius 2 is 1.93 bits per heavy atom. The highest BCUT2D eigenvalue weighted by atomic mass is 79.9. The molecule has 0 aliphatic carbocycles. The van der Waals surface area contributed by atoms with Crippen molar-refractivity contribution >= 4 is 33.7 Å². The van der Waals surface area contributed by atoms with Gasteiger partial charge in [0.15, 0.2) is 11.6 Å². The number of unbranched alkanes of at least 4 members (excludes halogenated alkanes) is 3. The minimum absolute atomic E-state index is 0.00506. The van der Waals surface area contributed by atoms with E-state index in [1.807, 2.05) is 13.8 Å². The molecule has 0 aromatic carbocycles. The number of hydrogen-bond acceptors (Lipinski definition) is 7. The largest absolute Gasteiger partial charge is 0.447 e. The van der Waals surface area contributed by atoms with Crippen molar-refractivity contribution in [1.82, 2.24) is 4.90 Å². The Balaban J connectivity index is 2.11. The topological polar surface area (TPSA) is 113 Å². The summed E-state index contributed by atoms with van der Waals surface area (Å²) in [5.41, 5.74) is 0. The molecular weight excluding hydrogens is 446 g/mol. The molecule has 29 heavy (non-hydrogen) atoms. The maximum atomic E-state index is 13.0. The molecule has 4 atom stereocenters. The molecule has 0 saturated carbocycles. The summed E-state index contributed by atoms with van der Waals surface area (Å²) in [7, 11) is 0. The van der Waals surface area contributed by atoms with Gasteiger partial charge in [-0.2, -0.15) is 0 Å². The first-order chi connectivity index (χ1) is 13.6. The third-order valence-corrected chi connectivity index (χ3v) is 6.27. The summed E-state index contributed by atoms with van der Waals surface area (Å²) in [6, 6.07) is -0.399. The predicted molar refractivity (Wildman–Crippen MR) is 108 cm³/mol. The molecule has 4 unspecified atom stereocenters. The van der Waals surface area contributed by atoms with Crippen molar-refractivity contribution in [2.45, 2.75) is 70.8 Å². The summed E-state index contributed by atoms with van der Waals surface area (Å²) in [5.74, 6) is -3.68. The number of carbonyl (C=O) groups excluding carboxylic acids is 3. The van der Waals surface area contributed by atoms with E-state index in [4.69, 9.17) is 14.6 Å². The van der Waals surface area contributed by atoms with Crippen LogP contribution < -0.4 is 0 Å². The minimum Gasteiger partial charge on any atom is -0.447 e. The molecule has 0 spiro atoms. The van der Waals surface area contributed by atoms with Crippen LogP contribution in [-0.2, 0) is 19.1 Å². The molecule has 0 aromatic rings. The van der Waals surface area contributed by atoms with Crippen LogP contribution in [0.25, 0.3) is 0 Å². The molecule has 164 valence electrons. The first-order valence-electron chi connectivity index (χ1n) is 10.0. The van der Waals surface area contributed by atoms with Crippen LogP contribution >= 0.6 is 15.9 Å². The summed E-state index contributed by atoms with van der Waals surface area (Å²) in [6.07, 6.45) is 2.47. The zero-order valence-corrected chi connectivity index (χ0v) is 18.7. The van der Waals surface area contributed by atoms with E-state index in [0.717, 1.165) is 17.7 Å². The van der Waals surface area contributed by atoms with Gasteiger partial charge in [0.25, 0.3) is 0 Å². The quantitative estimate of drug-likeness (QED) is 0.492. The smallest absolute Gasteiger partial charge is 0.416 e. The normalized spacial score (nSPS) is 28.5. The number of aliphatic hydroxyl groups excluding tert-OH is 1. The van der Waals surface area contributed by atoms with E-state index in [0.29, 0.717) is 12.8 Å². The van der Waals surface area contributed by atoms with Gasteiger partial charge < -0.3 is 19.7 Å². The van der Waals surface area contributed by atoms with Crippen LogP contribution in [0.5, 0.6) is 0 Å². The SMILES string of the molecule is CC(C)C1COC(=O)N1C(=O)C(C)C1OC(O)(CCCCCCO)C(Br)=CC1=O. The van der Waals surface area contributed by atoms with Crippen molar-refractivity contribution in [2.75, 3.05) is 13.2 Å². The third kappa shape index (κ3) is 5.45. The molecule has 2 aliphatic heterocycles. The van der Waals surface area contributed by atoms with Crippen molar-refractivity contribution in [2.24, 2.45) is 11.8 Å². The van der Waals surface area contributed by atoms with Gasteiger partial charge in [0.1, 0.15) is 12.7 Å². The zero-order valence-electron chi connectivity index (χ0n) is 17.1. The highest BCUT2D eigenvalue weighted by molar-refractivity contribution is 9.11. The lowest BCUT2D eigenvalue weighted by Crippen LogP contribution is -2.52. The third-order valence-electron chi connectivity index (χ3n) is 5.42. The average Bonchev–Trinajstić information content (AvgIpc) is 3.05. The van der Waals surface area contributed by atoms with Crippen LogP contribution in [0.4, 0.5) is 4.79 Å². The lowest BCUT2D eigenvalue weighted by molar-refractivity contribution is -0.217. The summed E-state index contributed by atoms with van der Waals surface area (Å²) in [5, 5.41) is 19.8. The first-order valence-corrected chi connectivity index (χ1v) is 10.8. The van der Waals surface area contributed by atoms with Crippen LogP contribution in [0.15, 0.2) is 10.6 Å². The number of aliphatic hydroxyl groups is 2. The average molecular weight is 476 g/mol. The Kier molecular flexibility index (Phi) is 8.39. The van der Waals surface area contributed by atoms with E-state index in [-0.39, 0.29) is 30.0 Å². The number of hydrogen-bond donors (Lipinski definition) is 2. The number of rotatable bonds is 9. The summed E-state index contributed by atoms with van der Waals surface area (Å²) in [4.78, 5) is 38.6. The maximum Gasteiger partial charge on any atom is 0.416 e. The molecule has 0 bridgehead atoms. The number of imide groups is 1. The number of nitrogens with zero attached hydrogens (tertiary/aromatic N) is 1. The highest BCUT2D eigenvalue weighted by Crippen LogP contribution is 2.37. The highest BCUT2D eigenvalue weighted by Gasteiger charge is 2.48. The van der Waals surface area contributed by atoms with Crippen molar-refractivity contribution in [3.63, 3.8) is 0 Å². The van der Waals surface area contributed by atoms with E-state index >= 15 is 0 Å². The fourth-order valence-electron chi connectivity index (χ4n) is 3.53. The van der Waals surface area contributed by atoms with Crippen molar-refractivity contribution in [3.8, 4) is 0 Å². The van der Waals surface area contributed by atoms with E-state index in [2.05, 4.69) is 15.9 Å².